The molecule has 0 atom stereocenters. The second kappa shape index (κ2) is 4.69. The molecule has 0 saturated carbocycles. The molecule has 0 bridgehead atoms. The van der Waals surface area contributed by atoms with Crippen LogP contribution in [0.4, 0.5) is 0 Å². The molecule has 2 heteroatoms. The monoisotopic (exact) mass is 146 g/mol. The summed E-state index contributed by atoms with van der Waals surface area (Å²) in [5.41, 5.74) is 0.202. The summed E-state index contributed by atoms with van der Waals surface area (Å²) in [5.74, 6) is 0. The van der Waals surface area contributed by atoms with Crippen molar-refractivity contribution in [3.8, 4) is 0 Å². The average Bonchev–Trinajstić information content (AvgIpc) is 1.78. The van der Waals surface area contributed by atoms with Gasteiger partial charge < -0.3 is 0 Å². The van der Waals surface area contributed by atoms with E-state index in [0.717, 1.165) is 6.42 Å². The van der Waals surface area contributed by atoms with Gasteiger partial charge in [0.05, 0.1) is 13.2 Å². The first-order valence-corrected chi connectivity index (χ1v) is 3.80. The second-order valence-corrected chi connectivity index (χ2v) is 3.64. The predicted molar refractivity (Wildman–Crippen MR) is 41.7 cm³/mol. The molecule has 0 N–H and O–H groups in total. The number of hydrogen-bond donors (Lipinski definition) is 0. The van der Waals surface area contributed by atoms with Crippen molar-refractivity contribution in [2.75, 3.05) is 13.2 Å². The van der Waals surface area contributed by atoms with Gasteiger partial charge in [0, 0.05) is 0 Å². The first-order chi connectivity index (χ1) is 4.56. The summed E-state index contributed by atoms with van der Waals surface area (Å²) in [6, 6.07) is 0. The van der Waals surface area contributed by atoms with Gasteiger partial charge in [-0.1, -0.05) is 27.7 Å². The van der Waals surface area contributed by atoms with Crippen molar-refractivity contribution in [3.63, 3.8) is 0 Å². The van der Waals surface area contributed by atoms with E-state index in [1.54, 1.807) is 0 Å². The highest BCUT2D eigenvalue weighted by atomic mass is 17.2. The molecule has 0 heterocycles. The van der Waals surface area contributed by atoms with Crippen molar-refractivity contribution in [3.05, 3.63) is 0 Å². The Kier molecular flexibility index (Phi) is 4.65. The second-order valence-electron chi connectivity index (χ2n) is 3.64. The van der Waals surface area contributed by atoms with E-state index in [4.69, 9.17) is 9.78 Å². The maximum Gasteiger partial charge on any atom is 0.0870 e. The van der Waals surface area contributed by atoms with E-state index in [1.165, 1.54) is 0 Å². The fraction of sp³-hybridized carbons (Fsp3) is 1.00. The maximum atomic E-state index is 4.94. The third kappa shape index (κ3) is 7.92. The van der Waals surface area contributed by atoms with Gasteiger partial charge in [0.1, 0.15) is 0 Å². The van der Waals surface area contributed by atoms with Crippen LogP contribution in [0.3, 0.4) is 0 Å². The molecule has 0 rings (SSSR count). The zero-order valence-electron chi connectivity index (χ0n) is 7.44. The molecule has 0 aromatic carbocycles. The van der Waals surface area contributed by atoms with Crippen LogP contribution >= 0.6 is 0 Å². The highest BCUT2D eigenvalue weighted by Crippen LogP contribution is 2.12. The van der Waals surface area contributed by atoms with Gasteiger partial charge in [-0.05, 0) is 11.8 Å². The Morgan fingerprint density at radius 3 is 2.10 bits per heavy atom. The van der Waals surface area contributed by atoms with Gasteiger partial charge in [-0.15, -0.1) is 0 Å². The van der Waals surface area contributed by atoms with Crippen molar-refractivity contribution < 1.29 is 9.78 Å². The van der Waals surface area contributed by atoms with Crippen LogP contribution in [0.1, 0.15) is 34.1 Å². The summed E-state index contributed by atoms with van der Waals surface area (Å²) in [4.78, 5) is 9.80. The molecule has 10 heavy (non-hydrogen) atoms. The lowest BCUT2D eigenvalue weighted by molar-refractivity contribution is -0.306. The van der Waals surface area contributed by atoms with Gasteiger partial charge in [-0.2, -0.15) is 0 Å². The molecule has 62 valence electrons. The van der Waals surface area contributed by atoms with Crippen LogP contribution in [0.2, 0.25) is 0 Å². The van der Waals surface area contributed by atoms with Crippen LogP contribution in [0.25, 0.3) is 0 Å². The average molecular weight is 146 g/mol. The summed E-state index contributed by atoms with van der Waals surface area (Å²) in [7, 11) is 0. The van der Waals surface area contributed by atoms with Crippen molar-refractivity contribution >= 4 is 0 Å². The Labute approximate surface area is 63.5 Å². The third-order valence-corrected chi connectivity index (χ3v) is 0.863. The SMILES string of the molecule is CCCOOCC(C)(C)C. The van der Waals surface area contributed by atoms with Crippen molar-refractivity contribution in [2.24, 2.45) is 5.41 Å². The zero-order chi connectivity index (χ0) is 8.04. The molecule has 0 aliphatic heterocycles. The molecule has 0 aromatic rings. The Morgan fingerprint density at radius 2 is 1.70 bits per heavy atom. The van der Waals surface area contributed by atoms with Gasteiger partial charge in [0.2, 0.25) is 0 Å². The highest BCUT2D eigenvalue weighted by molar-refractivity contribution is 4.57. The minimum atomic E-state index is 0.202. The van der Waals surface area contributed by atoms with Crippen molar-refractivity contribution in [1.82, 2.24) is 0 Å². The molecule has 0 amide bonds. The summed E-state index contributed by atoms with van der Waals surface area (Å²) < 4.78 is 0. The van der Waals surface area contributed by atoms with E-state index in [0.29, 0.717) is 13.2 Å². The first kappa shape index (κ1) is 9.92. The van der Waals surface area contributed by atoms with Gasteiger partial charge >= 0.3 is 0 Å². The van der Waals surface area contributed by atoms with Crippen LogP contribution in [0.15, 0.2) is 0 Å². The molecule has 0 spiro atoms. The van der Waals surface area contributed by atoms with E-state index in [9.17, 15) is 0 Å². The quantitative estimate of drug-likeness (QED) is 0.344. The minimum absolute atomic E-state index is 0.202. The van der Waals surface area contributed by atoms with E-state index in [1.807, 2.05) is 0 Å². The van der Waals surface area contributed by atoms with Gasteiger partial charge in [0.25, 0.3) is 0 Å². The van der Waals surface area contributed by atoms with Gasteiger partial charge in [-0.25, -0.2) is 9.78 Å². The zero-order valence-corrected chi connectivity index (χ0v) is 7.44. The van der Waals surface area contributed by atoms with Crippen molar-refractivity contribution in [1.29, 1.82) is 0 Å². The molecule has 0 fully saturated rings. The highest BCUT2D eigenvalue weighted by Gasteiger charge is 2.09. The van der Waals surface area contributed by atoms with Crippen LogP contribution in [0, 0.1) is 5.41 Å². The van der Waals surface area contributed by atoms with E-state index in [-0.39, 0.29) is 5.41 Å². The lowest BCUT2D eigenvalue weighted by atomic mass is 9.99. The molecular weight excluding hydrogens is 128 g/mol. The van der Waals surface area contributed by atoms with E-state index >= 15 is 0 Å². The standard InChI is InChI=1S/C8H18O2/c1-5-6-9-10-7-8(2,3)4/h5-7H2,1-4H3. The Morgan fingerprint density at radius 1 is 1.10 bits per heavy atom. The van der Waals surface area contributed by atoms with Crippen LogP contribution in [-0.2, 0) is 9.78 Å². The number of hydrogen-bond acceptors (Lipinski definition) is 2. The minimum Gasteiger partial charge on any atom is -0.237 e. The fourth-order valence-corrected chi connectivity index (χ4v) is 0.361. The lowest BCUT2D eigenvalue weighted by Gasteiger charge is -2.16. The molecule has 2 nitrogen and oxygen atoms in total. The topological polar surface area (TPSA) is 18.5 Å². The lowest BCUT2D eigenvalue weighted by Crippen LogP contribution is -2.14. The van der Waals surface area contributed by atoms with Crippen LogP contribution in [-0.4, -0.2) is 13.2 Å². The largest absolute Gasteiger partial charge is 0.237 e. The smallest absolute Gasteiger partial charge is 0.0870 e. The molecular formula is C8H18O2. The molecule has 0 saturated heterocycles. The number of rotatable bonds is 4. The summed E-state index contributed by atoms with van der Waals surface area (Å²) in [5, 5.41) is 0. The van der Waals surface area contributed by atoms with E-state index in [2.05, 4.69) is 27.7 Å². The summed E-state index contributed by atoms with van der Waals surface area (Å²) >= 11 is 0. The van der Waals surface area contributed by atoms with Gasteiger partial charge in [0.15, 0.2) is 0 Å². The third-order valence-electron chi connectivity index (χ3n) is 0.863. The first-order valence-electron chi connectivity index (χ1n) is 3.80. The maximum absolute atomic E-state index is 4.94. The summed E-state index contributed by atoms with van der Waals surface area (Å²) in [6.45, 7) is 9.75. The predicted octanol–water partition coefficient (Wildman–Crippen LogP) is 2.39. The Bertz CT molecular complexity index is 73.8. The fourth-order valence-electron chi connectivity index (χ4n) is 0.361. The molecule has 0 aromatic heterocycles. The normalized spacial score (nSPS) is 12.0. The molecule has 0 radical (unpaired) electrons. The molecule has 0 unspecified atom stereocenters. The van der Waals surface area contributed by atoms with E-state index < -0.39 is 0 Å². The Hall–Kier alpha value is -0.0800. The summed E-state index contributed by atoms with van der Waals surface area (Å²) in [6.07, 6.45) is 1.00. The Balaban J connectivity index is 3.04. The van der Waals surface area contributed by atoms with Gasteiger partial charge in [-0.3, -0.25) is 0 Å². The molecule has 0 aliphatic rings. The molecule has 0 aliphatic carbocycles. The van der Waals surface area contributed by atoms with Crippen LogP contribution in [0.5, 0.6) is 0 Å². The van der Waals surface area contributed by atoms with Crippen LogP contribution < -0.4 is 0 Å². The van der Waals surface area contributed by atoms with Crippen molar-refractivity contribution in [2.45, 2.75) is 34.1 Å².